The third-order valence-corrected chi connectivity index (χ3v) is 5.32. The zero-order valence-electron chi connectivity index (χ0n) is 17.3. The first-order valence-electron chi connectivity index (χ1n) is 9.90. The monoisotopic (exact) mass is 400 g/mol. The standard InChI is InChI=1S/C24H24N4O2/c1-16-8-10-19(11-9-16)14-28-18(3)20(17(2)26-28)12-13-24(30)27-15-23(29)25-21-6-4-5-7-22(21)27/h4-13H,14-15H2,1-3H3,(H,25,29)/b13-12+. The van der Waals surface area contributed by atoms with Crippen LogP contribution in [0.3, 0.4) is 0 Å². The minimum Gasteiger partial charge on any atom is -0.323 e. The normalized spacial score (nSPS) is 13.4. The van der Waals surface area contributed by atoms with Crippen molar-refractivity contribution in [1.29, 1.82) is 0 Å². The van der Waals surface area contributed by atoms with Crippen molar-refractivity contribution in [3.05, 3.63) is 82.7 Å². The molecule has 4 rings (SSSR count). The Labute approximate surface area is 175 Å². The topological polar surface area (TPSA) is 67.2 Å². The molecule has 30 heavy (non-hydrogen) atoms. The van der Waals surface area contributed by atoms with Gasteiger partial charge in [0.2, 0.25) is 5.91 Å². The third-order valence-electron chi connectivity index (χ3n) is 5.32. The average molecular weight is 400 g/mol. The van der Waals surface area contributed by atoms with Crippen molar-refractivity contribution in [2.75, 3.05) is 16.8 Å². The fraction of sp³-hybridized carbons (Fsp3) is 0.208. The molecule has 6 heteroatoms. The summed E-state index contributed by atoms with van der Waals surface area (Å²) in [7, 11) is 0. The molecule has 1 aliphatic rings. The van der Waals surface area contributed by atoms with Gasteiger partial charge in [-0.1, -0.05) is 42.0 Å². The summed E-state index contributed by atoms with van der Waals surface area (Å²) in [5, 5.41) is 7.44. The molecule has 6 nitrogen and oxygen atoms in total. The fourth-order valence-corrected chi connectivity index (χ4v) is 3.65. The highest BCUT2D eigenvalue weighted by atomic mass is 16.2. The van der Waals surface area contributed by atoms with Gasteiger partial charge in [0.25, 0.3) is 5.91 Å². The summed E-state index contributed by atoms with van der Waals surface area (Å²) in [5.74, 6) is -0.434. The van der Waals surface area contributed by atoms with Crippen LogP contribution in [-0.4, -0.2) is 28.1 Å². The highest BCUT2D eigenvalue weighted by Gasteiger charge is 2.25. The molecule has 0 saturated carbocycles. The number of para-hydroxylation sites is 2. The molecule has 1 aromatic heterocycles. The number of carbonyl (C=O) groups excluding carboxylic acids is 2. The van der Waals surface area contributed by atoms with E-state index < -0.39 is 0 Å². The Morgan fingerprint density at radius 3 is 2.60 bits per heavy atom. The minimum atomic E-state index is -0.234. The van der Waals surface area contributed by atoms with E-state index in [0.29, 0.717) is 17.9 Å². The van der Waals surface area contributed by atoms with Crippen LogP contribution < -0.4 is 10.2 Å². The number of nitrogens with zero attached hydrogens (tertiary/aromatic N) is 3. The second-order valence-corrected chi connectivity index (χ2v) is 7.55. The van der Waals surface area contributed by atoms with Gasteiger partial charge < -0.3 is 5.32 Å². The summed E-state index contributed by atoms with van der Waals surface area (Å²) in [4.78, 5) is 26.3. The number of hydrogen-bond acceptors (Lipinski definition) is 3. The molecule has 0 radical (unpaired) electrons. The van der Waals surface area contributed by atoms with Crippen LogP contribution in [-0.2, 0) is 16.1 Å². The van der Waals surface area contributed by atoms with E-state index in [-0.39, 0.29) is 18.4 Å². The molecule has 0 atom stereocenters. The average Bonchev–Trinajstić information content (AvgIpc) is 2.99. The van der Waals surface area contributed by atoms with Crippen molar-refractivity contribution >= 4 is 29.3 Å². The molecule has 3 aromatic rings. The molecule has 0 unspecified atom stereocenters. The smallest absolute Gasteiger partial charge is 0.251 e. The van der Waals surface area contributed by atoms with Crippen molar-refractivity contribution in [3.63, 3.8) is 0 Å². The van der Waals surface area contributed by atoms with E-state index in [9.17, 15) is 9.59 Å². The van der Waals surface area contributed by atoms with E-state index in [1.807, 2.05) is 36.7 Å². The third kappa shape index (κ3) is 3.89. The maximum absolute atomic E-state index is 12.9. The van der Waals surface area contributed by atoms with Crippen LogP contribution in [0.1, 0.15) is 28.1 Å². The highest BCUT2D eigenvalue weighted by molar-refractivity contribution is 6.13. The first kappa shape index (κ1) is 19.6. The minimum absolute atomic E-state index is 0.00480. The summed E-state index contributed by atoms with van der Waals surface area (Å²) in [6, 6.07) is 15.7. The Morgan fingerprint density at radius 2 is 1.83 bits per heavy atom. The van der Waals surface area contributed by atoms with Gasteiger partial charge in [-0.05, 0) is 44.5 Å². The first-order valence-corrected chi connectivity index (χ1v) is 9.90. The SMILES string of the molecule is Cc1ccc(Cn2nc(C)c(/C=C/C(=O)N3CC(=O)Nc4ccccc43)c2C)cc1. The van der Waals surface area contributed by atoms with Crippen LogP contribution in [0.25, 0.3) is 6.08 Å². The maximum atomic E-state index is 12.9. The quantitative estimate of drug-likeness (QED) is 0.677. The van der Waals surface area contributed by atoms with Crippen molar-refractivity contribution in [1.82, 2.24) is 9.78 Å². The second-order valence-electron chi connectivity index (χ2n) is 7.55. The van der Waals surface area contributed by atoms with Crippen LogP contribution in [0.2, 0.25) is 0 Å². The van der Waals surface area contributed by atoms with Crippen LogP contribution in [0.15, 0.2) is 54.6 Å². The maximum Gasteiger partial charge on any atom is 0.251 e. The molecule has 0 aliphatic carbocycles. The molecule has 0 spiro atoms. The molecule has 2 aromatic carbocycles. The molecule has 2 heterocycles. The summed E-state index contributed by atoms with van der Waals surface area (Å²) in [5.41, 5.74) is 6.53. The van der Waals surface area contributed by atoms with Crippen molar-refractivity contribution in [2.24, 2.45) is 0 Å². The number of benzene rings is 2. The number of anilines is 2. The van der Waals surface area contributed by atoms with Crippen LogP contribution in [0.4, 0.5) is 11.4 Å². The predicted molar refractivity (Wildman–Crippen MR) is 118 cm³/mol. The van der Waals surface area contributed by atoms with Gasteiger partial charge in [-0.3, -0.25) is 19.2 Å². The number of amides is 2. The number of aromatic nitrogens is 2. The van der Waals surface area contributed by atoms with E-state index in [4.69, 9.17) is 0 Å². The fourth-order valence-electron chi connectivity index (χ4n) is 3.65. The van der Waals surface area contributed by atoms with Crippen LogP contribution in [0.5, 0.6) is 0 Å². The number of nitrogens with one attached hydrogen (secondary N) is 1. The molecule has 152 valence electrons. The van der Waals surface area contributed by atoms with E-state index in [1.165, 1.54) is 22.1 Å². The lowest BCUT2D eigenvalue weighted by atomic mass is 10.1. The van der Waals surface area contributed by atoms with E-state index in [0.717, 1.165) is 17.0 Å². The molecule has 0 fully saturated rings. The number of aryl methyl sites for hydroxylation is 2. The summed E-state index contributed by atoms with van der Waals surface area (Å²) >= 11 is 0. The van der Waals surface area contributed by atoms with Crippen LogP contribution >= 0.6 is 0 Å². The zero-order valence-corrected chi connectivity index (χ0v) is 17.3. The van der Waals surface area contributed by atoms with Gasteiger partial charge in [-0.2, -0.15) is 5.10 Å². The molecule has 2 amide bonds. The lowest BCUT2D eigenvalue weighted by Gasteiger charge is -2.28. The van der Waals surface area contributed by atoms with Gasteiger partial charge in [0.1, 0.15) is 6.54 Å². The van der Waals surface area contributed by atoms with Gasteiger partial charge in [-0.15, -0.1) is 0 Å². The largest absolute Gasteiger partial charge is 0.323 e. The zero-order chi connectivity index (χ0) is 21.3. The first-order chi connectivity index (χ1) is 14.4. The number of hydrogen-bond donors (Lipinski definition) is 1. The van der Waals surface area contributed by atoms with Gasteiger partial charge in [0.15, 0.2) is 0 Å². The van der Waals surface area contributed by atoms with Crippen molar-refractivity contribution in [3.8, 4) is 0 Å². The lowest BCUT2D eigenvalue weighted by Crippen LogP contribution is -2.41. The molecular formula is C24H24N4O2. The Kier molecular flexibility index (Phi) is 5.23. The lowest BCUT2D eigenvalue weighted by molar-refractivity contribution is -0.119. The Hall–Kier alpha value is -3.67. The molecule has 0 saturated heterocycles. The van der Waals surface area contributed by atoms with Gasteiger partial charge in [-0.25, -0.2) is 0 Å². The van der Waals surface area contributed by atoms with Gasteiger partial charge in [0.05, 0.1) is 23.6 Å². The molecule has 0 bridgehead atoms. The van der Waals surface area contributed by atoms with Crippen LogP contribution in [0, 0.1) is 20.8 Å². The van der Waals surface area contributed by atoms with Gasteiger partial charge in [0, 0.05) is 17.3 Å². The van der Waals surface area contributed by atoms with E-state index >= 15 is 0 Å². The molecule has 1 N–H and O–H groups in total. The van der Waals surface area contributed by atoms with E-state index in [2.05, 4.69) is 41.6 Å². The Bertz CT molecular complexity index is 1140. The Morgan fingerprint density at radius 1 is 1.10 bits per heavy atom. The van der Waals surface area contributed by atoms with Crippen molar-refractivity contribution in [2.45, 2.75) is 27.3 Å². The predicted octanol–water partition coefficient (Wildman–Crippen LogP) is 3.86. The summed E-state index contributed by atoms with van der Waals surface area (Å²) in [6.07, 6.45) is 3.31. The van der Waals surface area contributed by atoms with Crippen molar-refractivity contribution < 1.29 is 9.59 Å². The number of rotatable bonds is 4. The molecular weight excluding hydrogens is 376 g/mol. The summed E-state index contributed by atoms with van der Waals surface area (Å²) < 4.78 is 1.95. The summed E-state index contributed by atoms with van der Waals surface area (Å²) in [6.45, 7) is 6.69. The Balaban J connectivity index is 1.56. The number of fused-ring (bicyclic) bond motifs is 1. The highest BCUT2D eigenvalue weighted by Crippen LogP contribution is 2.29. The molecule has 1 aliphatic heterocycles. The second kappa shape index (κ2) is 7.99. The van der Waals surface area contributed by atoms with E-state index in [1.54, 1.807) is 12.1 Å². The van der Waals surface area contributed by atoms with Gasteiger partial charge >= 0.3 is 0 Å². The number of carbonyl (C=O) groups is 2.